The summed E-state index contributed by atoms with van der Waals surface area (Å²) >= 11 is 0. The van der Waals surface area contributed by atoms with Gasteiger partial charge in [-0.3, -0.25) is 9.59 Å². The van der Waals surface area contributed by atoms with E-state index in [0.29, 0.717) is 5.92 Å². The van der Waals surface area contributed by atoms with Crippen LogP contribution in [0, 0.1) is 5.92 Å². The minimum Gasteiger partial charge on any atom is -0.505 e. The van der Waals surface area contributed by atoms with Gasteiger partial charge in [0.25, 0.3) is 5.91 Å². The predicted molar refractivity (Wildman–Crippen MR) is 105 cm³/mol. The highest BCUT2D eigenvalue weighted by Crippen LogP contribution is 2.38. The SMILES string of the molecule is CC[C@H]1CCC[C@@H]1N(N)C1=C(Nc2cccc(C(=O)N(C)C)c2O)C(O)C1=O. The van der Waals surface area contributed by atoms with Crippen LogP contribution in [-0.2, 0) is 4.79 Å². The van der Waals surface area contributed by atoms with Crippen LogP contribution in [0.2, 0.25) is 0 Å². The number of phenols is 1. The maximum Gasteiger partial charge on any atom is 0.257 e. The molecule has 8 heteroatoms. The standard InChI is InChI=1S/C20H28N4O4/c1-4-11-7-5-10-14(11)24(21)16-15(18(26)19(16)27)22-13-9-6-8-12(17(13)25)20(28)23(2)3/h6,8-9,11,14,18,22,25-26H,4-5,7,10,21H2,1-3H3/t11-,14-,18?/m0/s1. The number of hydrogen-bond acceptors (Lipinski definition) is 7. The number of para-hydroxylation sites is 1. The molecular formula is C20H28N4O4. The fourth-order valence-electron chi connectivity index (χ4n) is 4.07. The number of aromatic hydroxyl groups is 1. The van der Waals surface area contributed by atoms with Crippen molar-refractivity contribution in [3.63, 3.8) is 0 Å². The van der Waals surface area contributed by atoms with Gasteiger partial charge >= 0.3 is 0 Å². The van der Waals surface area contributed by atoms with Crippen LogP contribution in [0.3, 0.4) is 0 Å². The van der Waals surface area contributed by atoms with Crippen molar-refractivity contribution in [3.05, 3.63) is 35.2 Å². The summed E-state index contributed by atoms with van der Waals surface area (Å²) in [6.45, 7) is 2.10. The summed E-state index contributed by atoms with van der Waals surface area (Å²) < 4.78 is 0. The number of aliphatic hydroxyl groups is 1. The van der Waals surface area contributed by atoms with Gasteiger partial charge in [-0.05, 0) is 30.9 Å². The van der Waals surface area contributed by atoms with Crippen molar-refractivity contribution in [2.45, 2.75) is 44.8 Å². The van der Waals surface area contributed by atoms with Crippen LogP contribution in [0.4, 0.5) is 5.69 Å². The van der Waals surface area contributed by atoms with Crippen molar-refractivity contribution in [2.24, 2.45) is 11.8 Å². The molecule has 0 saturated heterocycles. The molecule has 0 radical (unpaired) electrons. The zero-order valence-corrected chi connectivity index (χ0v) is 16.5. The van der Waals surface area contributed by atoms with E-state index in [4.69, 9.17) is 5.84 Å². The number of hydrogen-bond donors (Lipinski definition) is 4. The lowest BCUT2D eigenvalue weighted by molar-refractivity contribution is -0.127. The first-order chi connectivity index (χ1) is 13.3. The second-order valence-electron chi connectivity index (χ2n) is 7.63. The van der Waals surface area contributed by atoms with Crippen LogP contribution in [0.25, 0.3) is 0 Å². The average Bonchev–Trinajstić information content (AvgIpc) is 3.16. The van der Waals surface area contributed by atoms with E-state index in [2.05, 4.69) is 12.2 Å². The van der Waals surface area contributed by atoms with Gasteiger partial charge in [0.2, 0.25) is 5.78 Å². The number of hydrazine groups is 1. The molecule has 1 unspecified atom stereocenters. The molecule has 3 atom stereocenters. The lowest BCUT2D eigenvalue weighted by Gasteiger charge is -2.39. The van der Waals surface area contributed by atoms with Gasteiger partial charge < -0.3 is 25.4 Å². The molecule has 1 aromatic carbocycles. The number of amides is 1. The van der Waals surface area contributed by atoms with E-state index in [1.165, 1.54) is 16.0 Å². The molecule has 0 bridgehead atoms. The number of nitrogens with two attached hydrogens (primary N) is 1. The molecule has 2 aliphatic carbocycles. The summed E-state index contributed by atoms with van der Waals surface area (Å²) in [4.78, 5) is 25.9. The minimum atomic E-state index is -1.32. The van der Waals surface area contributed by atoms with Crippen molar-refractivity contribution in [3.8, 4) is 5.75 Å². The van der Waals surface area contributed by atoms with Gasteiger partial charge in [0.15, 0.2) is 11.9 Å². The molecule has 0 aromatic heterocycles. The molecule has 1 aromatic rings. The summed E-state index contributed by atoms with van der Waals surface area (Å²) in [5.41, 5.74) is 0.850. The largest absolute Gasteiger partial charge is 0.505 e. The highest BCUT2D eigenvalue weighted by Gasteiger charge is 2.44. The Kier molecular flexibility index (Phi) is 5.62. The number of aliphatic hydroxyl groups excluding tert-OH is 1. The first-order valence-corrected chi connectivity index (χ1v) is 9.58. The van der Waals surface area contributed by atoms with Gasteiger partial charge in [-0.15, -0.1) is 0 Å². The third-order valence-corrected chi connectivity index (χ3v) is 5.71. The van der Waals surface area contributed by atoms with Crippen molar-refractivity contribution >= 4 is 17.4 Å². The Labute approximate surface area is 164 Å². The molecule has 8 nitrogen and oxygen atoms in total. The van der Waals surface area contributed by atoms with Crippen molar-refractivity contribution in [1.82, 2.24) is 9.91 Å². The van der Waals surface area contributed by atoms with Crippen molar-refractivity contribution in [1.29, 1.82) is 0 Å². The van der Waals surface area contributed by atoms with Crippen LogP contribution in [0.15, 0.2) is 29.6 Å². The van der Waals surface area contributed by atoms with E-state index in [-0.39, 0.29) is 40.3 Å². The Morgan fingerprint density at radius 1 is 1.32 bits per heavy atom. The number of benzene rings is 1. The van der Waals surface area contributed by atoms with E-state index < -0.39 is 11.9 Å². The molecule has 152 valence electrons. The smallest absolute Gasteiger partial charge is 0.257 e. The molecule has 1 saturated carbocycles. The highest BCUT2D eigenvalue weighted by atomic mass is 16.3. The molecule has 3 rings (SSSR count). The third kappa shape index (κ3) is 3.33. The molecule has 0 aliphatic heterocycles. The summed E-state index contributed by atoms with van der Waals surface area (Å²) in [5.74, 6) is 5.66. The lowest BCUT2D eigenvalue weighted by atomic mass is 9.91. The Balaban J connectivity index is 1.91. The normalized spacial score (nSPS) is 24.2. The Hall–Kier alpha value is -2.58. The van der Waals surface area contributed by atoms with Gasteiger partial charge in [-0.1, -0.05) is 25.8 Å². The molecule has 1 amide bonds. The van der Waals surface area contributed by atoms with Gasteiger partial charge in [0, 0.05) is 20.1 Å². The number of carbonyl (C=O) groups excluding carboxylic acids is 2. The minimum absolute atomic E-state index is 0.0449. The summed E-state index contributed by atoms with van der Waals surface area (Å²) in [6.07, 6.45) is 2.67. The monoisotopic (exact) mass is 388 g/mol. The fourth-order valence-corrected chi connectivity index (χ4v) is 4.07. The fraction of sp³-hybridized carbons (Fsp3) is 0.500. The summed E-state index contributed by atoms with van der Waals surface area (Å²) in [6, 6.07) is 4.76. The van der Waals surface area contributed by atoms with Crippen molar-refractivity contribution < 1.29 is 19.8 Å². The van der Waals surface area contributed by atoms with Crippen LogP contribution in [0.5, 0.6) is 5.75 Å². The predicted octanol–water partition coefficient (Wildman–Crippen LogP) is 1.42. The molecule has 5 N–H and O–H groups in total. The topological polar surface area (TPSA) is 119 Å². The maximum atomic E-state index is 12.3. The Morgan fingerprint density at radius 2 is 2.04 bits per heavy atom. The summed E-state index contributed by atoms with van der Waals surface area (Å²) in [7, 11) is 3.18. The number of rotatable bonds is 6. The van der Waals surface area contributed by atoms with Gasteiger partial charge in [-0.2, -0.15) is 0 Å². The molecule has 1 fully saturated rings. The summed E-state index contributed by atoms with van der Waals surface area (Å²) in [5, 5.41) is 25.1. The first kappa shape index (κ1) is 20.2. The third-order valence-electron chi connectivity index (χ3n) is 5.71. The van der Waals surface area contributed by atoms with E-state index in [1.807, 2.05) is 0 Å². The zero-order chi connectivity index (χ0) is 20.6. The lowest BCUT2D eigenvalue weighted by Crippen LogP contribution is -2.54. The highest BCUT2D eigenvalue weighted by molar-refractivity contribution is 6.09. The quantitative estimate of drug-likeness (QED) is 0.330. The van der Waals surface area contributed by atoms with E-state index in [0.717, 1.165) is 25.7 Å². The Morgan fingerprint density at radius 3 is 2.68 bits per heavy atom. The molecule has 28 heavy (non-hydrogen) atoms. The van der Waals surface area contributed by atoms with E-state index in [1.54, 1.807) is 26.2 Å². The number of nitrogens with one attached hydrogen (secondary N) is 1. The Bertz CT molecular complexity index is 820. The van der Waals surface area contributed by atoms with Crippen LogP contribution in [0.1, 0.15) is 43.0 Å². The maximum absolute atomic E-state index is 12.3. The molecule has 0 heterocycles. The van der Waals surface area contributed by atoms with Gasteiger partial charge in [0.05, 0.1) is 16.9 Å². The number of phenolic OH excluding ortho intramolecular Hbond substituents is 1. The number of Topliss-reactive ketones (excluding diaryl/α,β-unsaturated/α-hetero) is 1. The molecular weight excluding hydrogens is 360 g/mol. The van der Waals surface area contributed by atoms with Crippen LogP contribution >= 0.6 is 0 Å². The van der Waals surface area contributed by atoms with Crippen LogP contribution < -0.4 is 11.2 Å². The first-order valence-electron chi connectivity index (χ1n) is 9.58. The molecule has 0 spiro atoms. The second kappa shape index (κ2) is 7.81. The van der Waals surface area contributed by atoms with Crippen molar-refractivity contribution in [2.75, 3.05) is 19.4 Å². The average molecular weight is 388 g/mol. The van der Waals surface area contributed by atoms with Gasteiger partial charge in [-0.25, -0.2) is 5.84 Å². The second-order valence-corrected chi connectivity index (χ2v) is 7.63. The number of ketones is 1. The number of nitrogens with zero attached hydrogens (tertiary/aromatic N) is 2. The van der Waals surface area contributed by atoms with Gasteiger partial charge in [0.1, 0.15) is 5.70 Å². The zero-order valence-electron chi connectivity index (χ0n) is 16.5. The molecule has 2 aliphatic rings. The van der Waals surface area contributed by atoms with Crippen LogP contribution in [-0.4, -0.2) is 58.1 Å². The number of carbonyl (C=O) groups is 2. The van der Waals surface area contributed by atoms with E-state index in [9.17, 15) is 19.8 Å². The number of anilines is 1. The van der Waals surface area contributed by atoms with E-state index >= 15 is 0 Å².